The fourth-order valence-electron chi connectivity index (χ4n) is 2.98. The van der Waals surface area contributed by atoms with Crippen molar-refractivity contribution in [3.8, 4) is 0 Å². The van der Waals surface area contributed by atoms with Gasteiger partial charge in [-0.1, -0.05) is 6.07 Å². The van der Waals surface area contributed by atoms with E-state index in [9.17, 15) is 23.6 Å². The molecular formula is C17H20F2N5O3+. The number of aromatic amines is 1. The summed E-state index contributed by atoms with van der Waals surface area (Å²) < 4.78 is 27.4. The molecule has 1 aliphatic heterocycles. The van der Waals surface area contributed by atoms with E-state index in [2.05, 4.69) is 20.8 Å². The van der Waals surface area contributed by atoms with E-state index in [1.54, 1.807) is 7.05 Å². The van der Waals surface area contributed by atoms with Crippen molar-refractivity contribution >= 4 is 17.5 Å². The second-order valence-electron chi connectivity index (χ2n) is 6.74. The average molecular weight is 380 g/mol. The molecule has 8 nitrogen and oxygen atoms in total. The number of rotatable bonds is 4. The number of carbonyl (C=O) groups excluding carboxylic acids is 2. The molecule has 27 heavy (non-hydrogen) atoms. The highest BCUT2D eigenvalue weighted by Crippen LogP contribution is 2.19. The van der Waals surface area contributed by atoms with Gasteiger partial charge in [0.15, 0.2) is 0 Å². The summed E-state index contributed by atoms with van der Waals surface area (Å²) in [5.41, 5.74) is -0.747. The number of hydroxylamine groups is 3. The number of carbonyl (C=O) groups is 2. The van der Waals surface area contributed by atoms with Crippen LogP contribution in [0.1, 0.15) is 33.7 Å². The molecule has 1 aromatic heterocycles. The number of piperidine rings is 1. The van der Waals surface area contributed by atoms with E-state index in [0.717, 1.165) is 18.2 Å². The number of H-pyrrole nitrogens is 1. The maximum Gasteiger partial charge on any atom is 0.271 e. The Bertz CT molecular complexity index is 838. The predicted octanol–water partition coefficient (Wildman–Crippen LogP) is 1.67. The molecule has 0 bridgehead atoms. The monoisotopic (exact) mass is 380 g/mol. The van der Waals surface area contributed by atoms with E-state index >= 15 is 0 Å². The number of nitrogens with zero attached hydrogens (tertiary/aromatic N) is 2. The van der Waals surface area contributed by atoms with E-state index in [-0.39, 0.29) is 22.1 Å². The molecule has 0 spiro atoms. The lowest BCUT2D eigenvalue weighted by atomic mass is 10.0. The summed E-state index contributed by atoms with van der Waals surface area (Å²) in [5.74, 6) is -3.54. The number of likely N-dealkylation sites (tertiary alicyclic amines) is 1. The Hall–Kier alpha value is -2.85. The van der Waals surface area contributed by atoms with Crippen LogP contribution in [0, 0.1) is 11.6 Å². The van der Waals surface area contributed by atoms with Crippen molar-refractivity contribution in [2.24, 2.45) is 0 Å². The van der Waals surface area contributed by atoms with Crippen LogP contribution in [0.2, 0.25) is 0 Å². The molecular weight excluding hydrogens is 360 g/mol. The average Bonchev–Trinajstić information content (AvgIpc) is 3.05. The number of hydrogen-bond donors (Lipinski definition) is 4. The largest absolute Gasteiger partial charge is 0.347 e. The van der Waals surface area contributed by atoms with Gasteiger partial charge in [-0.2, -0.15) is 9.75 Å². The Morgan fingerprint density at radius 3 is 2.48 bits per heavy atom. The van der Waals surface area contributed by atoms with Crippen LogP contribution in [0.4, 0.5) is 14.5 Å². The highest BCUT2D eigenvalue weighted by molar-refractivity contribution is 6.08. The summed E-state index contributed by atoms with van der Waals surface area (Å²) in [7, 11) is 1.70. The fraction of sp³-hybridized carbons (Fsp3) is 0.353. The number of amides is 2. The molecule has 1 saturated heterocycles. The molecule has 0 unspecified atom stereocenters. The van der Waals surface area contributed by atoms with Crippen molar-refractivity contribution in [3.05, 3.63) is 47.3 Å². The lowest BCUT2D eigenvalue weighted by molar-refractivity contribution is -1.09. The highest BCUT2D eigenvalue weighted by Gasteiger charge is 2.30. The van der Waals surface area contributed by atoms with Gasteiger partial charge >= 0.3 is 0 Å². The van der Waals surface area contributed by atoms with Gasteiger partial charge in [0.2, 0.25) is 0 Å². The maximum absolute atomic E-state index is 13.7. The van der Waals surface area contributed by atoms with Crippen molar-refractivity contribution in [1.29, 1.82) is 0 Å². The molecule has 2 heterocycles. The first-order valence-corrected chi connectivity index (χ1v) is 8.44. The summed E-state index contributed by atoms with van der Waals surface area (Å²) in [6, 6.07) is 2.96. The predicted molar refractivity (Wildman–Crippen MR) is 91.1 cm³/mol. The molecule has 1 fully saturated rings. The molecule has 1 aromatic carbocycles. The third-order valence-corrected chi connectivity index (χ3v) is 4.56. The Balaban J connectivity index is 1.69. The van der Waals surface area contributed by atoms with Crippen LogP contribution in [0.15, 0.2) is 24.4 Å². The molecule has 0 radical (unpaired) electrons. The van der Waals surface area contributed by atoms with E-state index in [4.69, 9.17) is 0 Å². The fourth-order valence-corrected chi connectivity index (χ4v) is 2.98. The zero-order valence-corrected chi connectivity index (χ0v) is 14.6. The molecule has 10 heteroatoms. The van der Waals surface area contributed by atoms with Gasteiger partial charge in [-0.25, -0.2) is 14.0 Å². The number of aromatic nitrogens is 2. The van der Waals surface area contributed by atoms with Gasteiger partial charge < -0.3 is 10.6 Å². The van der Waals surface area contributed by atoms with Gasteiger partial charge in [-0.15, -0.1) is 0 Å². The van der Waals surface area contributed by atoms with Crippen molar-refractivity contribution in [3.63, 3.8) is 0 Å². The molecule has 2 aromatic rings. The maximum atomic E-state index is 13.7. The van der Waals surface area contributed by atoms with Crippen LogP contribution >= 0.6 is 0 Å². The van der Waals surface area contributed by atoms with Crippen molar-refractivity contribution in [2.75, 3.05) is 25.5 Å². The van der Waals surface area contributed by atoms with Crippen LogP contribution in [-0.4, -0.2) is 58.0 Å². The van der Waals surface area contributed by atoms with Gasteiger partial charge in [0.25, 0.3) is 11.8 Å². The molecule has 0 atom stereocenters. The number of nitrogens with one attached hydrogen (secondary N) is 3. The van der Waals surface area contributed by atoms with Crippen LogP contribution in [0.5, 0.6) is 0 Å². The van der Waals surface area contributed by atoms with Crippen molar-refractivity contribution in [2.45, 2.75) is 18.9 Å². The smallest absolute Gasteiger partial charge is 0.271 e. The molecule has 0 aliphatic carbocycles. The minimum atomic E-state index is -1.02. The van der Waals surface area contributed by atoms with Crippen molar-refractivity contribution in [1.82, 2.24) is 15.5 Å². The minimum absolute atomic E-state index is 0.0127. The summed E-state index contributed by atoms with van der Waals surface area (Å²) in [6.45, 7) is 1.01. The Morgan fingerprint density at radius 2 is 1.85 bits per heavy atom. The summed E-state index contributed by atoms with van der Waals surface area (Å²) in [6.07, 6.45) is 2.37. The van der Waals surface area contributed by atoms with Gasteiger partial charge in [0, 0.05) is 18.9 Å². The Morgan fingerprint density at radius 1 is 1.22 bits per heavy atom. The minimum Gasteiger partial charge on any atom is -0.347 e. The number of quaternary nitrogens is 1. The molecule has 144 valence electrons. The van der Waals surface area contributed by atoms with E-state index in [0.29, 0.717) is 25.9 Å². The quantitative estimate of drug-likeness (QED) is 0.605. The van der Waals surface area contributed by atoms with Crippen LogP contribution in [0.3, 0.4) is 0 Å². The molecule has 4 N–H and O–H groups in total. The van der Waals surface area contributed by atoms with Crippen LogP contribution in [-0.2, 0) is 0 Å². The first-order valence-electron chi connectivity index (χ1n) is 8.44. The Labute approximate surface area is 153 Å². The van der Waals surface area contributed by atoms with Gasteiger partial charge in [0.05, 0.1) is 18.9 Å². The van der Waals surface area contributed by atoms with Crippen LogP contribution < -0.4 is 10.6 Å². The van der Waals surface area contributed by atoms with Gasteiger partial charge in [0.1, 0.15) is 36.0 Å². The summed E-state index contributed by atoms with van der Waals surface area (Å²) in [5, 5.41) is 21.2. The summed E-state index contributed by atoms with van der Waals surface area (Å²) >= 11 is 0. The number of benzene rings is 1. The summed E-state index contributed by atoms with van der Waals surface area (Å²) in [4.78, 5) is 24.7. The van der Waals surface area contributed by atoms with Gasteiger partial charge in [-0.3, -0.25) is 14.7 Å². The molecule has 0 saturated carbocycles. The SMILES string of the molecule is C[N+]1(O)CCC(NC(=O)c2[nH]ncc2NC(=O)c2c(F)cccc2F)CC1. The Kier molecular flexibility index (Phi) is 5.19. The first kappa shape index (κ1) is 18.9. The molecule has 2 amide bonds. The van der Waals surface area contributed by atoms with Crippen LogP contribution in [0.25, 0.3) is 0 Å². The zero-order valence-electron chi connectivity index (χ0n) is 14.6. The second-order valence-corrected chi connectivity index (χ2v) is 6.74. The topological polar surface area (TPSA) is 107 Å². The standard InChI is InChI=1S/C17H19F2N5O3/c1-24(27)7-5-10(6-8-24)21-17(26)15-13(9-20-23-15)22-16(25)14-11(18)3-2-4-12(14)19/h2-4,9-10,27H,5-8H2,1H3,(H2-,20,21,22,23,25,26)/p+1. The lowest BCUT2D eigenvalue weighted by Crippen LogP contribution is -2.52. The third-order valence-electron chi connectivity index (χ3n) is 4.56. The van der Waals surface area contributed by atoms with E-state index in [1.165, 1.54) is 6.20 Å². The molecule has 1 aliphatic rings. The third kappa shape index (κ3) is 4.29. The lowest BCUT2D eigenvalue weighted by Gasteiger charge is -2.33. The number of halogens is 2. The van der Waals surface area contributed by atoms with Gasteiger partial charge in [-0.05, 0) is 12.1 Å². The first-order chi connectivity index (χ1) is 12.8. The molecule has 3 rings (SSSR count). The van der Waals surface area contributed by atoms with Crippen molar-refractivity contribution < 1.29 is 28.2 Å². The highest BCUT2D eigenvalue weighted by atomic mass is 19.1. The number of hydrogen-bond acceptors (Lipinski definition) is 4. The second kappa shape index (κ2) is 7.41. The normalized spacial score (nSPS) is 22.3. The number of anilines is 1. The zero-order chi connectivity index (χ0) is 19.6. The van der Waals surface area contributed by atoms with E-state index in [1.807, 2.05) is 0 Å². The van der Waals surface area contributed by atoms with E-state index < -0.39 is 29.0 Å².